The molecule has 0 spiro atoms. The number of hydrogen-bond donors (Lipinski definition) is 1. The van der Waals surface area contributed by atoms with Gasteiger partial charge in [-0.05, 0) is 29.1 Å². The molecule has 4 heteroatoms. The molecule has 0 aliphatic carbocycles. The lowest BCUT2D eigenvalue weighted by Crippen LogP contribution is -2.36. The molecule has 0 atom stereocenters. The molecule has 1 N–H and O–H groups in total. The first kappa shape index (κ1) is 14.1. The maximum absolute atomic E-state index is 11.9. The Morgan fingerprint density at radius 2 is 2.11 bits per heavy atom. The van der Waals surface area contributed by atoms with Gasteiger partial charge in [0.15, 0.2) is 0 Å². The van der Waals surface area contributed by atoms with Gasteiger partial charge < -0.3 is 5.32 Å². The van der Waals surface area contributed by atoms with Crippen molar-refractivity contribution in [3.8, 4) is 0 Å². The highest BCUT2D eigenvalue weighted by molar-refractivity contribution is 7.12. The SMILES string of the molecule is CC(C)(CNC(=O)c1cccs1)c1cccc(Cl)c1. The fourth-order valence-corrected chi connectivity index (χ4v) is 2.64. The van der Waals surface area contributed by atoms with Crippen LogP contribution in [-0.4, -0.2) is 12.5 Å². The highest BCUT2D eigenvalue weighted by atomic mass is 35.5. The van der Waals surface area contributed by atoms with Gasteiger partial charge in [0.05, 0.1) is 4.88 Å². The van der Waals surface area contributed by atoms with Crippen LogP contribution < -0.4 is 5.32 Å². The third kappa shape index (κ3) is 3.58. The minimum atomic E-state index is -0.155. The average molecular weight is 294 g/mol. The molecule has 1 heterocycles. The van der Waals surface area contributed by atoms with E-state index in [4.69, 9.17) is 11.6 Å². The highest BCUT2D eigenvalue weighted by Gasteiger charge is 2.22. The second kappa shape index (κ2) is 5.76. The number of carbonyl (C=O) groups excluding carboxylic acids is 1. The van der Waals surface area contributed by atoms with Crippen molar-refractivity contribution >= 4 is 28.8 Å². The molecule has 100 valence electrons. The van der Waals surface area contributed by atoms with Crippen LogP contribution >= 0.6 is 22.9 Å². The van der Waals surface area contributed by atoms with Gasteiger partial charge in [0, 0.05) is 17.0 Å². The lowest BCUT2D eigenvalue weighted by Gasteiger charge is -2.25. The van der Waals surface area contributed by atoms with Crippen LogP contribution in [0.25, 0.3) is 0 Å². The Balaban J connectivity index is 2.03. The molecule has 19 heavy (non-hydrogen) atoms. The van der Waals surface area contributed by atoms with Crippen LogP contribution in [0.4, 0.5) is 0 Å². The van der Waals surface area contributed by atoms with Crippen molar-refractivity contribution in [3.05, 3.63) is 57.2 Å². The number of thiophene rings is 1. The molecule has 0 unspecified atom stereocenters. The molecule has 2 rings (SSSR count). The van der Waals surface area contributed by atoms with Crippen molar-refractivity contribution in [3.63, 3.8) is 0 Å². The number of nitrogens with one attached hydrogen (secondary N) is 1. The number of amides is 1. The molecule has 1 aromatic heterocycles. The Morgan fingerprint density at radius 3 is 2.74 bits per heavy atom. The summed E-state index contributed by atoms with van der Waals surface area (Å²) in [6.45, 7) is 4.75. The van der Waals surface area contributed by atoms with E-state index in [0.717, 1.165) is 15.5 Å². The van der Waals surface area contributed by atoms with E-state index in [2.05, 4.69) is 19.2 Å². The molecule has 0 fully saturated rings. The maximum atomic E-state index is 11.9. The molecule has 0 radical (unpaired) electrons. The minimum Gasteiger partial charge on any atom is -0.350 e. The predicted molar refractivity (Wildman–Crippen MR) is 81.1 cm³/mol. The van der Waals surface area contributed by atoms with Crippen LogP contribution in [0.1, 0.15) is 29.1 Å². The highest BCUT2D eigenvalue weighted by Crippen LogP contribution is 2.25. The van der Waals surface area contributed by atoms with Crippen LogP contribution in [0.2, 0.25) is 5.02 Å². The van der Waals surface area contributed by atoms with Crippen LogP contribution in [0, 0.1) is 0 Å². The number of hydrogen-bond acceptors (Lipinski definition) is 2. The van der Waals surface area contributed by atoms with Crippen LogP contribution in [-0.2, 0) is 5.41 Å². The first-order valence-corrected chi connectivity index (χ1v) is 7.32. The van der Waals surface area contributed by atoms with E-state index >= 15 is 0 Å². The summed E-state index contributed by atoms with van der Waals surface area (Å²) in [7, 11) is 0. The molecule has 0 aliphatic rings. The summed E-state index contributed by atoms with van der Waals surface area (Å²) in [6, 6.07) is 11.5. The topological polar surface area (TPSA) is 29.1 Å². The number of carbonyl (C=O) groups is 1. The zero-order valence-electron chi connectivity index (χ0n) is 10.9. The van der Waals surface area contributed by atoms with Gasteiger partial charge >= 0.3 is 0 Å². The van der Waals surface area contributed by atoms with Crippen molar-refractivity contribution in [2.24, 2.45) is 0 Å². The molecule has 2 nitrogen and oxygen atoms in total. The standard InChI is InChI=1S/C15H16ClNOS/c1-15(2,11-5-3-6-12(16)9-11)10-17-14(18)13-7-4-8-19-13/h3-9H,10H2,1-2H3,(H,17,18). The summed E-state index contributed by atoms with van der Waals surface area (Å²) in [5.74, 6) is -0.0231. The molecule has 1 amide bonds. The van der Waals surface area contributed by atoms with Crippen molar-refractivity contribution in [2.45, 2.75) is 19.3 Å². The van der Waals surface area contributed by atoms with Gasteiger partial charge in [0.1, 0.15) is 0 Å². The van der Waals surface area contributed by atoms with E-state index in [9.17, 15) is 4.79 Å². The molecule has 0 saturated carbocycles. The van der Waals surface area contributed by atoms with E-state index in [1.165, 1.54) is 11.3 Å². The Hall–Kier alpha value is -1.32. The van der Waals surface area contributed by atoms with Crippen molar-refractivity contribution < 1.29 is 4.79 Å². The van der Waals surface area contributed by atoms with Crippen LogP contribution in [0.3, 0.4) is 0 Å². The zero-order valence-corrected chi connectivity index (χ0v) is 12.5. The van der Waals surface area contributed by atoms with Gasteiger partial charge in [-0.3, -0.25) is 4.79 Å². The second-order valence-electron chi connectivity index (χ2n) is 5.05. The van der Waals surface area contributed by atoms with E-state index in [1.807, 2.05) is 41.8 Å². The summed E-state index contributed by atoms with van der Waals surface area (Å²) < 4.78 is 0. The van der Waals surface area contributed by atoms with Gasteiger partial charge in [-0.25, -0.2) is 0 Å². The number of halogens is 1. The summed E-state index contributed by atoms with van der Waals surface area (Å²) >= 11 is 7.46. The normalized spacial score (nSPS) is 11.3. The predicted octanol–water partition coefficient (Wildman–Crippen LogP) is 4.11. The van der Waals surface area contributed by atoms with Gasteiger partial charge in [-0.1, -0.05) is 43.6 Å². The fraction of sp³-hybridized carbons (Fsp3) is 0.267. The second-order valence-corrected chi connectivity index (χ2v) is 6.44. The van der Waals surface area contributed by atoms with E-state index in [1.54, 1.807) is 0 Å². The van der Waals surface area contributed by atoms with Gasteiger partial charge in [0.25, 0.3) is 5.91 Å². The summed E-state index contributed by atoms with van der Waals surface area (Å²) in [5.41, 5.74) is 0.962. The monoisotopic (exact) mass is 293 g/mol. The quantitative estimate of drug-likeness (QED) is 0.903. The zero-order chi connectivity index (χ0) is 13.9. The third-order valence-corrected chi connectivity index (χ3v) is 4.15. The van der Waals surface area contributed by atoms with Crippen molar-refractivity contribution in [1.29, 1.82) is 0 Å². The van der Waals surface area contributed by atoms with E-state index in [-0.39, 0.29) is 11.3 Å². The van der Waals surface area contributed by atoms with Crippen LogP contribution in [0.15, 0.2) is 41.8 Å². The van der Waals surface area contributed by atoms with Crippen molar-refractivity contribution in [1.82, 2.24) is 5.32 Å². The smallest absolute Gasteiger partial charge is 0.261 e. The lowest BCUT2D eigenvalue weighted by molar-refractivity contribution is 0.0950. The third-order valence-electron chi connectivity index (χ3n) is 3.04. The van der Waals surface area contributed by atoms with E-state index < -0.39 is 0 Å². The minimum absolute atomic E-state index is 0.0231. The first-order chi connectivity index (χ1) is 8.99. The summed E-state index contributed by atoms with van der Waals surface area (Å²) in [5, 5.41) is 5.59. The Morgan fingerprint density at radius 1 is 1.32 bits per heavy atom. The molecular formula is C15H16ClNOS. The molecular weight excluding hydrogens is 278 g/mol. The average Bonchev–Trinajstić information content (AvgIpc) is 2.90. The van der Waals surface area contributed by atoms with Crippen molar-refractivity contribution in [2.75, 3.05) is 6.54 Å². The van der Waals surface area contributed by atoms with E-state index in [0.29, 0.717) is 6.54 Å². The fourth-order valence-electron chi connectivity index (χ4n) is 1.81. The maximum Gasteiger partial charge on any atom is 0.261 e. The molecule has 2 aromatic rings. The molecule has 0 saturated heterocycles. The number of benzene rings is 1. The Kier molecular flexibility index (Phi) is 4.27. The largest absolute Gasteiger partial charge is 0.350 e. The molecule has 1 aromatic carbocycles. The Labute approximate surface area is 122 Å². The molecule has 0 bridgehead atoms. The summed E-state index contributed by atoms with van der Waals surface area (Å²) in [6.07, 6.45) is 0. The summed E-state index contributed by atoms with van der Waals surface area (Å²) in [4.78, 5) is 12.7. The lowest BCUT2D eigenvalue weighted by atomic mass is 9.84. The number of rotatable bonds is 4. The van der Waals surface area contributed by atoms with Gasteiger partial charge in [-0.2, -0.15) is 0 Å². The van der Waals surface area contributed by atoms with Gasteiger partial charge in [0.2, 0.25) is 0 Å². The Bertz CT molecular complexity index is 563. The van der Waals surface area contributed by atoms with Gasteiger partial charge in [-0.15, -0.1) is 11.3 Å². The first-order valence-electron chi connectivity index (χ1n) is 6.07. The molecule has 0 aliphatic heterocycles. The van der Waals surface area contributed by atoms with Crippen LogP contribution in [0.5, 0.6) is 0 Å².